The van der Waals surface area contributed by atoms with Crippen LogP contribution in [0.4, 0.5) is 0 Å². The topological polar surface area (TPSA) is 47.3 Å². The largest absolute Gasteiger partial charge is 0.491 e. The van der Waals surface area contributed by atoms with Crippen LogP contribution in [0.5, 0.6) is 5.75 Å². The van der Waals surface area contributed by atoms with E-state index < -0.39 is 6.10 Å². The molecule has 2 rings (SSSR count). The lowest BCUT2D eigenvalue weighted by atomic mass is 10.1. The van der Waals surface area contributed by atoms with Crippen molar-refractivity contribution in [3.05, 3.63) is 48.0 Å². The quantitative estimate of drug-likeness (QED) is 0.898. The second kappa shape index (κ2) is 5.89. The van der Waals surface area contributed by atoms with Gasteiger partial charge < -0.3 is 14.4 Å². The first-order chi connectivity index (χ1) is 9.06. The molecule has 0 aliphatic rings. The van der Waals surface area contributed by atoms with Crippen molar-refractivity contribution in [2.75, 3.05) is 0 Å². The molecule has 0 saturated heterocycles. The summed E-state index contributed by atoms with van der Waals surface area (Å²) in [6.07, 6.45) is 3.73. The molecule has 1 unspecified atom stereocenters. The fourth-order valence-corrected chi connectivity index (χ4v) is 1.92. The van der Waals surface area contributed by atoms with Gasteiger partial charge in [-0.05, 0) is 31.5 Å². The van der Waals surface area contributed by atoms with Gasteiger partial charge in [0.25, 0.3) is 0 Å². The zero-order chi connectivity index (χ0) is 13.8. The summed E-state index contributed by atoms with van der Waals surface area (Å²) in [4.78, 5) is 4.22. The Labute approximate surface area is 113 Å². The number of aromatic nitrogens is 2. The van der Waals surface area contributed by atoms with E-state index in [1.54, 1.807) is 6.20 Å². The van der Waals surface area contributed by atoms with Crippen molar-refractivity contribution in [3.8, 4) is 5.75 Å². The highest BCUT2D eigenvalue weighted by Gasteiger charge is 2.11. The average Bonchev–Trinajstić information content (AvgIpc) is 2.75. The van der Waals surface area contributed by atoms with E-state index >= 15 is 0 Å². The number of hydrogen-bond acceptors (Lipinski definition) is 3. The Morgan fingerprint density at radius 3 is 2.47 bits per heavy atom. The number of rotatable bonds is 5. The van der Waals surface area contributed by atoms with Gasteiger partial charge in [0.05, 0.1) is 12.2 Å². The maximum Gasteiger partial charge on any atom is 0.119 e. The van der Waals surface area contributed by atoms with Gasteiger partial charge in [-0.1, -0.05) is 12.1 Å². The highest BCUT2D eigenvalue weighted by atomic mass is 16.5. The molecular formula is C15H20N2O2. The van der Waals surface area contributed by atoms with Crippen molar-refractivity contribution in [2.45, 2.75) is 32.5 Å². The lowest BCUT2D eigenvalue weighted by molar-refractivity contribution is 0.174. The van der Waals surface area contributed by atoms with Crippen LogP contribution in [0.3, 0.4) is 0 Å². The molecule has 0 radical (unpaired) electrons. The smallest absolute Gasteiger partial charge is 0.119 e. The van der Waals surface area contributed by atoms with E-state index in [0.29, 0.717) is 6.42 Å². The van der Waals surface area contributed by atoms with E-state index in [4.69, 9.17) is 4.74 Å². The molecule has 2 aromatic rings. The minimum atomic E-state index is -0.547. The van der Waals surface area contributed by atoms with Crippen molar-refractivity contribution >= 4 is 0 Å². The van der Waals surface area contributed by atoms with Gasteiger partial charge in [0.15, 0.2) is 0 Å². The molecule has 0 amide bonds. The molecule has 19 heavy (non-hydrogen) atoms. The number of aliphatic hydroxyl groups is 1. The molecule has 1 heterocycles. The van der Waals surface area contributed by atoms with E-state index in [1.807, 2.05) is 55.9 Å². The Hall–Kier alpha value is -1.81. The van der Waals surface area contributed by atoms with Crippen molar-refractivity contribution < 1.29 is 9.84 Å². The predicted octanol–water partition coefficient (Wildman–Crippen LogP) is 2.48. The van der Waals surface area contributed by atoms with Gasteiger partial charge in [0.1, 0.15) is 11.6 Å². The Morgan fingerprint density at radius 2 is 1.95 bits per heavy atom. The zero-order valence-corrected chi connectivity index (χ0v) is 11.6. The summed E-state index contributed by atoms with van der Waals surface area (Å²) in [5.41, 5.74) is 0.874. The minimum absolute atomic E-state index is 0.156. The summed E-state index contributed by atoms with van der Waals surface area (Å²) in [5.74, 6) is 1.69. The SMILES string of the molecule is CC(C)Oc1ccc(C(O)Cc2nccn2C)cc1. The number of ether oxygens (including phenoxy) is 1. The average molecular weight is 260 g/mol. The number of nitrogens with zero attached hydrogens (tertiary/aromatic N) is 2. The van der Waals surface area contributed by atoms with Crippen LogP contribution in [-0.4, -0.2) is 20.8 Å². The van der Waals surface area contributed by atoms with Gasteiger partial charge in [-0.3, -0.25) is 0 Å². The maximum absolute atomic E-state index is 10.2. The molecule has 0 spiro atoms. The highest BCUT2D eigenvalue weighted by Crippen LogP contribution is 2.21. The number of aliphatic hydroxyl groups excluding tert-OH is 1. The van der Waals surface area contributed by atoms with Crippen molar-refractivity contribution in [3.63, 3.8) is 0 Å². The third kappa shape index (κ3) is 3.58. The van der Waals surface area contributed by atoms with E-state index in [2.05, 4.69) is 4.98 Å². The lowest BCUT2D eigenvalue weighted by Gasteiger charge is -2.13. The summed E-state index contributed by atoms with van der Waals surface area (Å²) in [6, 6.07) is 7.56. The zero-order valence-electron chi connectivity index (χ0n) is 11.6. The Kier molecular flexibility index (Phi) is 4.22. The summed E-state index contributed by atoms with van der Waals surface area (Å²) in [6.45, 7) is 3.98. The van der Waals surface area contributed by atoms with Crippen LogP contribution in [0.15, 0.2) is 36.7 Å². The molecule has 4 nitrogen and oxygen atoms in total. The third-order valence-electron chi connectivity index (χ3n) is 2.93. The van der Waals surface area contributed by atoms with Crippen LogP contribution >= 0.6 is 0 Å². The summed E-state index contributed by atoms with van der Waals surface area (Å²) in [7, 11) is 1.93. The first-order valence-corrected chi connectivity index (χ1v) is 6.47. The summed E-state index contributed by atoms with van der Waals surface area (Å²) >= 11 is 0. The van der Waals surface area contributed by atoms with Gasteiger partial charge in [0, 0.05) is 25.9 Å². The van der Waals surface area contributed by atoms with E-state index in [9.17, 15) is 5.11 Å². The van der Waals surface area contributed by atoms with Crippen LogP contribution < -0.4 is 4.74 Å². The Balaban J connectivity index is 2.03. The molecule has 0 fully saturated rings. The summed E-state index contributed by atoms with van der Waals surface area (Å²) < 4.78 is 7.49. The second-order valence-corrected chi connectivity index (χ2v) is 4.91. The molecule has 0 bridgehead atoms. The van der Waals surface area contributed by atoms with Crippen LogP contribution in [0.25, 0.3) is 0 Å². The fraction of sp³-hybridized carbons (Fsp3) is 0.400. The monoisotopic (exact) mass is 260 g/mol. The predicted molar refractivity (Wildman–Crippen MR) is 74.1 cm³/mol. The first kappa shape index (κ1) is 13.6. The molecule has 1 atom stereocenters. The van der Waals surface area contributed by atoms with Crippen LogP contribution in [0.2, 0.25) is 0 Å². The number of imidazole rings is 1. The molecule has 0 aliphatic heterocycles. The normalized spacial score (nSPS) is 12.7. The van der Waals surface area contributed by atoms with Gasteiger partial charge in [-0.2, -0.15) is 0 Å². The highest BCUT2D eigenvalue weighted by molar-refractivity contribution is 5.29. The first-order valence-electron chi connectivity index (χ1n) is 6.47. The number of benzene rings is 1. The standard InChI is InChI=1S/C15H20N2O2/c1-11(2)19-13-6-4-12(5-7-13)14(18)10-15-16-8-9-17(15)3/h4-9,11,14,18H,10H2,1-3H3. The Bertz CT molecular complexity index is 517. The third-order valence-corrected chi connectivity index (χ3v) is 2.93. The van der Waals surface area contributed by atoms with Crippen molar-refractivity contribution in [1.29, 1.82) is 0 Å². The van der Waals surface area contributed by atoms with E-state index in [0.717, 1.165) is 17.1 Å². The van der Waals surface area contributed by atoms with Gasteiger partial charge in [-0.25, -0.2) is 4.98 Å². The van der Waals surface area contributed by atoms with E-state index in [1.165, 1.54) is 0 Å². The molecule has 1 N–H and O–H groups in total. The number of hydrogen-bond donors (Lipinski definition) is 1. The van der Waals surface area contributed by atoms with Gasteiger partial charge in [-0.15, -0.1) is 0 Å². The molecule has 1 aromatic heterocycles. The van der Waals surface area contributed by atoms with Crippen molar-refractivity contribution in [1.82, 2.24) is 9.55 Å². The summed E-state index contributed by atoms with van der Waals surface area (Å²) in [5, 5.41) is 10.2. The van der Waals surface area contributed by atoms with Crippen molar-refractivity contribution in [2.24, 2.45) is 7.05 Å². The van der Waals surface area contributed by atoms with Crippen LogP contribution in [0.1, 0.15) is 31.3 Å². The number of aryl methyl sites for hydroxylation is 1. The molecule has 102 valence electrons. The fourth-order valence-electron chi connectivity index (χ4n) is 1.92. The lowest BCUT2D eigenvalue weighted by Crippen LogP contribution is -2.08. The maximum atomic E-state index is 10.2. The van der Waals surface area contributed by atoms with E-state index in [-0.39, 0.29) is 6.10 Å². The minimum Gasteiger partial charge on any atom is -0.491 e. The molecule has 4 heteroatoms. The molecule has 1 aromatic carbocycles. The molecule has 0 saturated carbocycles. The second-order valence-electron chi connectivity index (χ2n) is 4.91. The Morgan fingerprint density at radius 1 is 1.26 bits per heavy atom. The molecular weight excluding hydrogens is 240 g/mol. The van der Waals surface area contributed by atoms with Crippen LogP contribution in [0, 0.1) is 0 Å². The van der Waals surface area contributed by atoms with Gasteiger partial charge >= 0.3 is 0 Å². The van der Waals surface area contributed by atoms with Gasteiger partial charge in [0.2, 0.25) is 0 Å². The molecule has 0 aliphatic carbocycles. The van der Waals surface area contributed by atoms with Crippen LogP contribution in [-0.2, 0) is 13.5 Å².